The number of rotatable bonds is 6. The molecule has 0 aliphatic heterocycles. The molecule has 0 saturated heterocycles. The quantitative estimate of drug-likeness (QED) is 0.804. The Bertz CT molecular complexity index is 557. The molecule has 21 heavy (non-hydrogen) atoms. The van der Waals surface area contributed by atoms with E-state index < -0.39 is 22.7 Å². The Morgan fingerprint density at radius 2 is 1.81 bits per heavy atom. The number of alkyl halides is 3. The van der Waals surface area contributed by atoms with E-state index in [1.807, 2.05) is 20.8 Å². The molecule has 0 amide bonds. The number of aryl methyl sites for hydroxylation is 1. The Morgan fingerprint density at radius 3 is 2.29 bits per heavy atom. The summed E-state index contributed by atoms with van der Waals surface area (Å²) in [5.74, 6) is -0.0307. The Hall–Kier alpha value is -1.59. The van der Waals surface area contributed by atoms with Gasteiger partial charge in [0.1, 0.15) is 11.3 Å². The van der Waals surface area contributed by atoms with Gasteiger partial charge in [-0.15, -0.1) is 0 Å². The molecule has 1 heterocycles. The van der Waals surface area contributed by atoms with E-state index in [1.54, 1.807) is 0 Å². The van der Waals surface area contributed by atoms with Crippen molar-refractivity contribution in [3.05, 3.63) is 34.2 Å². The third kappa shape index (κ3) is 3.95. The van der Waals surface area contributed by atoms with Crippen LogP contribution in [0.3, 0.4) is 0 Å². The number of nitrogens with zero attached hydrogens (tertiary/aromatic N) is 1. The zero-order valence-corrected chi connectivity index (χ0v) is 12.5. The molecule has 0 atom stereocenters. The molecular weight excluding hydrogens is 283 g/mol. The number of carbonyl (C=O) groups is 1. The van der Waals surface area contributed by atoms with Crippen LogP contribution in [-0.4, -0.2) is 10.4 Å². The molecule has 0 aliphatic rings. The van der Waals surface area contributed by atoms with Gasteiger partial charge in [-0.3, -0.25) is 9.59 Å². The maximum atomic E-state index is 12.6. The Morgan fingerprint density at radius 1 is 1.24 bits per heavy atom. The van der Waals surface area contributed by atoms with Crippen molar-refractivity contribution in [2.75, 3.05) is 0 Å². The molecule has 0 spiro atoms. The summed E-state index contributed by atoms with van der Waals surface area (Å²) >= 11 is 0. The van der Waals surface area contributed by atoms with Gasteiger partial charge in [-0.05, 0) is 25.0 Å². The molecule has 0 saturated carbocycles. The number of Topliss-reactive ketones (excluding diaryl/α,β-unsaturated/α-hetero) is 1. The fourth-order valence-electron chi connectivity index (χ4n) is 2.10. The summed E-state index contributed by atoms with van der Waals surface area (Å²) in [5.41, 5.74) is -2.79. The largest absolute Gasteiger partial charge is 0.421 e. The molecule has 6 heteroatoms. The smallest absolute Gasteiger partial charge is 0.315 e. The summed E-state index contributed by atoms with van der Waals surface area (Å²) in [6, 6.07) is 1.93. The van der Waals surface area contributed by atoms with Gasteiger partial charge in [0.15, 0.2) is 0 Å². The van der Waals surface area contributed by atoms with Crippen molar-refractivity contribution in [2.45, 2.75) is 52.8 Å². The van der Waals surface area contributed by atoms with Crippen molar-refractivity contribution in [3.8, 4) is 0 Å². The lowest BCUT2D eigenvalue weighted by molar-refractivity contribution is -0.138. The van der Waals surface area contributed by atoms with Crippen molar-refractivity contribution in [3.63, 3.8) is 0 Å². The molecule has 0 aromatic carbocycles. The number of hydrogen-bond donors (Lipinski definition) is 0. The standard InChI is InChI=1S/C15H20F3NO2/c1-4-14(3,5-2)12(20)8-10-19-9-6-7-11(13(19)21)15(16,17)18/h6-7,9H,4-5,8,10H2,1-3H3. The minimum atomic E-state index is -4.68. The van der Waals surface area contributed by atoms with Crippen molar-refractivity contribution < 1.29 is 18.0 Å². The highest BCUT2D eigenvalue weighted by Gasteiger charge is 2.34. The van der Waals surface area contributed by atoms with Gasteiger partial charge in [-0.2, -0.15) is 13.2 Å². The van der Waals surface area contributed by atoms with E-state index in [9.17, 15) is 22.8 Å². The second-order valence-electron chi connectivity index (χ2n) is 5.36. The Kier molecular flexibility index (Phi) is 5.36. The van der Waals surface area contributed by atoms with Crippen molar-refractivity contribution in [2.24, 2.45) is 5.41 Å². The lowest BCUT2D eigenvalue weighted by atomic mass is 9.79. The zero-order valence-electron chi connectivity index (χ0n) is 12.5. The molecular formula is C15H20F3NO2. The topological polar surface area (TPSA) is 39.1 Å². The van der Waals surface area contributed by atoms with E-state index >= 15 is 0 Å². The molecule has 1 aromatic rings. The average molecular weight is 303 g/mol. The van der Waals surface area contributed by atoms with Gasteiger partial charge >= 0.3 is 6.18 Å². The van der Waals surface area contributed by atoms with E-state index in [2.05, 4.69) is 0 Å². The SMILES string of the molecule is CCC(C)(CC)C(=O)CCn1cccc(C(F)(F)F)c1=O. The molecule has 0 N–H and O–H groups in total. The summed E-state index contributed by atoms with van der Waals surface area (Å²) in [7, 11) is 0. The highest BCUT2D eigenvalue weighted by molar-refractivity contribution is 5.84. The molecule has 0 fully saturated rings. The molecule has 0 radical (unpaired) electrons. The molecule has 0 aliphatic carbocycles. The van der Waals surface area contributed by atoms with Crippen LogP contribution < -0.4 is 5.56 Å². The maximum absolute atomic E-state index is 12.6. The van der Waals surface area contributed by atoms with Crippen LogP contribution in [0.2, 0.25) is 0 Å². The number of hydrogen-bond acceptors (Lipinski definition) is 2. The minimum absolute atomic E-state index is 0.0306. The molecule has 118 valence electrons. The van der Waals surface area contributed by atoms with Crippen molar-refractivity contribution in [1.29, 1.82) is 0 Å². The number of aromatic nitrogens is 1. The van der Waals surface area contributed by atoms with E-state index in [1.165, 1.54) is 12.3 Å². The van der Waals surface area contributed by atoms with Crippen LogP contribution in [0.1, 0.15) is 45.6 Å². The van der Waals surface area contributed by atoms with Crippen molar-refractivity contribution in [1.82, 2.24) is 4.57 Å². The fraction of sp³-hybridized carbons (Fsp3) is 0.600. The van der Waals surface area contributed by atoms with Crippen LogP contribution in [0.5, 0.6) is 0 Å². The van der Waals surface area contributed by atoms with Gasteiger partial charge in [-0.25, -0.2) is 0 Å². The maximum Gasteiger partial charge on any atom is 0.421 e. The predicted molar refractivity (Wildman–Crippen MR) is 74.0 cm³/mol. The third-order valence-electron chi connectivity index (χ3n) is 4.14. The Balaban J connectivity index is 2.92. The van der Waals surface area contributed by atoms with Gasteiger partial charge in [0, 0.05) is 24.6 Å². The minimum Gasteiger partial charge on any atom is -0.315 e. The second kappa shape index (κ2) is 6.45. The van der Waals surface area contributed by atoms with Crippen LogP contribution in [-0.2, 0) is 17.5 Å². The van der Waals surface area contributed by atoms with Gasteiger partial charge in [0.25, 0.3) is 5.56 Å². The first kappa shape index (κ1) is 17.5. The van der Waals surface area contributed by atoms with Crippen LogP contribution >= 0.6 is 0 Å². The lowest BCUT2D eigenvalue weighted by Gasteiger charge is -2.25. The summed E-state index contributed by atoms with van der Waals surface area (Å²) in [6.07, 6.45) is -2.01. The van der Waals surface area contributed by atoms with Crippen LogP contribution in [0.4, 0.5) is 13.2 Å². The molecule has 3 nitrogen and oxygen atoms in total. The summed E-state index contributed by atoms with van der Waals surface area (Å²) < 4.78 is 38.9. The zero-order chi connectivity index (χ0) is 16.3. The molecule has 1 aromatic heterocycles. The monoisotopic (exact) mass is 303 g/mol. The first-order chi connectivity index (χ1) is 9.65. The van der Waals surface area contributed by atoms with Gasteiger partial charge in [-0.1, -0.05) is 20.8 Å². The van der Waals surface area contributed by atoms with E-state index in [0.29, 0.717) is 12.8 Å². The number of halogens is 3. The number of ketones is 1. The molecule has 0 bridgehead atoms. The highest BCUT2D eigenvalue weighted by atomic mass is 19.4. The number of carbonyl (C=O) groups excluding carboxylic acids is 1. The average Bonchev–Trinajstić information content (AvgIpc) is 2.43. The lowest BCUT2D eigenvalue weighted by Crippen LogP contribution is -2.31. The van der Waals surface area contributed by atoms with Gasteiger partial charge in [0.05, 0.1) is 0 Å². The molecule has 0 unspecified atom stereocenters. The summed E-state index contributed by atoms with van der Waals surface area (Å²) in [5, 5.41) is 0. The first-order valence-electron chi connectivity index (χ1n) is 6.95. The highest BCUT2D eigenvalue weighted by Crippen LogP contribution is 2.28. The van der Waals surface area contributed by atoms with E-state index in [-0.39, 0.29) is 18.7 Å². The van der Waals surface area contributed by atoms with Crippen LogP contribution in [0.25, 0.3) is 0 Å². The number of pyridine rings is 1. The fourth-order valence-corrected chi connectivity index (χ4v) is 2.10. The van der Waals surface area contributed by atoms with E-state index in [4.69, 9.17) is 0 Å². The Labute approximate surface area is 121 Å². The van der Waals surface area contributed by atoms with Crippen LogP contribution in [0.15, 0.2) is 23.1 Å². The van der Waals surface area contributed by atoms with Crippen molar-refractivity contribution >= 4 is 5.78 Å². The summed E-state index contributed by atoms with van der Waals surface area (Å²) in [6.45, 7) is 5.61. The van der Waals surface area contributed by atoms with Crippen LogP contribution in [0, 0.1) is 5.41 Å². The van der Waals surface area contributed by atoms with Gasteiger partial charge in [0.2, 0.25) is 0 Å². The first-order valence-corrected chi connectivity index (χ1v) is 6.95. The van der Waals surface area contributed by atoms with Gasteiger partial charge < -0.3 is 4.57 Å². The molecule has 1 rings (SSSR count). The van der Waals surface area contributed by atoms with E-state index in [0.717, 1.165) is 10.6 Å². The normalized spacial score (nSPS) is 12.5. The second-order valence-corrected chi connectivity index (χ2v) is 5.36. The summed E-state index contributed by atoms with van der Waals surface area (Å²) in [4.78, 5) is 23.9. The predicted octanol–water partition coefficient (Wildman–Crippen LogP) is 3.65. The third-order valence-corrected chi connectivity index (χ3v) is 4.14.